The van der Waals surface area contributed by atoms with Gasteiger partial charge in [0.05, 0.1) is 16.7 Å². The molecule has 0 aliphatic heterocycles. The Morgan fingerprint density at radius 3 is 2.81 bits per heavy atom. The molecule has 1 saturated carbocycles. The number of para-hydroxylation sites is 1. The summed E-state index contributed by atoms with van der Waals surface area (Å²) in [4.78, 5) is 0. The maximum absolute atomic E-state index is 9.04. The Bertz CT molecular complexity index is 994. The minimum Gasteiger partial charge on any atom is -0.484 e. The molecule has 0 spiro atoms. The number of halogens is 1. The lowest BCUT2D eigenvalue weighted by Gasteiger charge is -2.10. The number of aromatic nitrogens is 3. The van der Waals surface area contributed by atoms with Crippen molar-refractivity contribution in [1.82, 2.24) is 14.8 Å². The molecule has 7 heteroatoms. The van der Waals surface area contributed by atoms with Crippen LogP contribution >= 0.6 is 23.4 Å². The average molecular weight is 397 g/mol. The molecule has 0 saturated heterocycles. The van der Waals surface area contributed by atoms with Crippen molar-refractivity contribution in [3.05, 3.63) is 70.5 Å². The molecule has 0 N–H and O–H groups in total. The van der Waals surface area contributed by atoms with Gasteiger partial charge in [0, 0.05) is 11.8 Å². The highest BCUT2D eigenvalue weighted by atomic mass is 35.5. The Labute approximate surface area is 166 Å². The number of hydrogen-bond acceptors (Lipinski definition) is 5. The van der Waals surface area contributed by atoms with Gasteiger partial charge in [-0.1, -0.05) is 47.6 Å². The smallest absolute Gasteiger partial charge is 0.191 e. The van der Waals surface area contributed by atoms with E-state index in [0.29, 0.717) is 29.0 Å². The van der Waals surface area contributed by atoms with E-state index in [9.17, 15) is 0 Å². The van der Waals surface area contributed by atoms with Crippen LogP contribution in [0.4, 0.5) is 0 Å². The van der Waals surface area contributed by atoms with Crippen LogP contribution in [0.25, 0.3) is 0 Å². The van der Waals surface area contributed by atoms with Gasteiger partial charge in [0.15, 0.2) is 11.0 Å². The topological polar surface area (TPSA) is 63.7 Å². The molecule has 1 fully saturated rings. The van der Waals surface area contributed by atoms with Gasteiger partial charge in [0.2, 0.25) is 0 Å². The van der Waals surface area contributed by atoms with Crippen LogP contribution in [0.1, 0.15) is 35.8 Å². The molecule has 1 aliphatic rings. The van der Waals surface area contributed by atoms with E-state index in [2.05, 4.69) is 20.8 Å². The van der Waals surface area contributed by atoms with Crippen molar-refractivity contribution in [2.75, 3.05) is 0 Å². The van der Waals surface area contributed by atoms with Gasteiger partial charge in [-0.05, 0) is 42.7 Å². The molecule has 0 atom stereocenters. The quantitative estimate of drug-likeness (QED) is 0.525. The maximum atomic E-state index is 9.04. The zero-order valence-electron chi connectivity index (χ0n) is 14.5. The van der Waals surface area contributed by atoms with Gasteiger partial charge in [-0.25, -0.2) is 0 Å². The van der Waals surface area contributed by atoms with E-state index in [-0.39, 0.29) is 0 Å². The largest absolute Gasteiger partial charge is 0.484 e. The summed E-state index contributed by atoms with van der Waals surface area (Å²) < 4.78 is 8.02. The normalized spacial score (nSPS) is 13.3. The van der Waals surface area contributed by atoms with Crippen molar-refractivity contribution >= 4 is 23.4 Å². The third kappa shape index (κ3) is 4.26. The first-order chi connectivity index (χ1) is 13.2. The summed E-state index contributed by atoms with van der Waals surface area (Å²) >= 11 is 7.79. The second-order valence-corrected chi connectivity index (χ2v) is 7.67. The lowest BCUT2D eigenvalue weighted by molar-refractivity contribution is 0.288. The molecule has 4 rings (SSSR count). The fraction of sp³-hybridized carbons (Fsp3) is 0.250. The summed E-state index contributed by atoms with van der Waals surface area (Å²) in [5.41, 5.74) is 1.77. The van der Waals surface area contributed by atoms with Crippen LogP contribution < -0.4 is 4.74 Å². The Hall–Kier alpha value is -2.49. The zero-order chi connectivity index (χ0) is 18.6. The van der Waals surface area contributed by atoms with Gasteiger partial charge >= 0.3 is 0 Å². The van der Waals surface area contributed by atoms with Crippen LogP contribution in [0.3, 0.4) is 0 Å². The third-order valence-electron chi connectivity index (χ3n) is 4.26. The van der Waals surface area contributed by atoms with Crippen LogP contribution in [0.5, 0.6) is 5.75 Å². The van der Waals surface area contributed by atoms with Crippen molar-refractivity contribution in [1.29, 1.82) is 5.26 Å². The van der Waals surface area contributed by atoms with Crippen LogP contribution in [0, 0.1) is 11.3 Å². The van der Waals surface area contributed by atoms with Crippen molar-refractivity contribution in [3.63, 3.8) is 0 Å². The molecule has 27 heavy (non-hydrogen) atoms. The minimum atomic E-state index is 0.331. The second kappa shape index (κ2) is 8.03. The molecule has 5 nitrogen and oxygen atoms in total. The summed E-state index contributed by atoms with van der Waals surface area (Å²) in [5, 5.41) is 19.2. The first-order valence-electron chi connectivity index (χ1n) is 8.67. The number of benzene rings is 2. The fourth-order valence-corrected chi connectivity index (χ4v) is 3.94. The number of nitrogens with zero attached hydrogens (tertiary/aromatic N) is 4. The number of ether oxygens (including phenoxy) is 1. The SMILES string of the molecule is N#Cc1cccc(CSc2nnc(COc3ccccc3Cl)n2C2CC2)c1. The molecule has 1 aliphatic carbocycles. The van der Waals surface area contributed by atoms with Crippen molar-refractivity contribution in [2.45, 2.75) is 36.4 Å². The Balaban J connectivity index is 1.47. The molecule has 136 valence electrons. The molecular formula is C20H17ClN4OS. The van der Waals surface area contributed by atoms with Crippen molar-refractivity contribution < 1.29 is 4.74 Å². The summed E-state index contributed by atoms with van der Waals surface area (Å²) in [6, 6.07) is 17.7. The third-order valence-corrected chi connectivity index (χ3v) is 5.59. The number of thioether (sulfide) groups is 1. The highest BCUT2D eigenvalue weighted by molar-refractivity contribution is 7.98. The van der Waals surface area contributed by atoms with Gasteiger partial charge in [-0.3, -0.25) is 4.57 Å². The Morgan fingerprint density at radius 1 is 1.19 bits per heavy atom. The lowest BCUT2D eigenvalue weighted by atomic mass is 10.2. The molecule has 0 bridgehead atoms. The second-order valence-electron chi connectivity index (χ2n) is 6.32. The Morgan fingerprint density at radius 2 is 2.04 bits per heavy atom. The number of nitriles is 1. The van der Waals surface area contributed by atoms with E-state index in [1.54, 1.807) is 17.8 Å². The molecule has 3 aromatic rings. The predicted molar refractivity (Wildman–Crippen MR) is 105 cm³/mol. The van der Waals surface area contributed by atoms with E-state index >= 15 is 0 Å². The summed E-state index contributed by atoms with van der Waals surface area (Å²) in [6.07, 6.45) is 2.27. The molecule has 0 unspecified atom stereocenters. The summed E-state index contributed by atoms with van der Waals surface area (Å²) in [7, 11) is 0. The van der Waals surface area contributed by atoms with E-state index in [0.717, 1.165) is 35.1 Å². The molecular weight excluding hydrogens is 380 g/mol. The fourth-order valence-electron chi connectivity index (χ4n) is 2.79. The first kappa shape index (κ1) is 17.9. The average Bonchev–Trinajstić information content (AvgIpc) is 3.46. The van der Waals surface area contributed by atoms with Gasteiger partial charge in [-0.2, -0.15) is 5.26 Å². The monoisotopic (exact) mass is 396 g/mol. The van der Waals surface area contributed by atoms with Gasteiger partial charge in [-0.15, -0.1) is 10.2 Å². The van der Waals surface area contributed by atoms with Crippen LogP contribution in [0.2, 0.25) is 5.02 Å². The van der Waals surface area contributed by atoms with Gasteiger partial charge in [0.25, 0.3) is 0 Å². The van der Waals surface area contributed by atoms with E-state index in [1.807, 2.05) is 42.5 Å². The number of hydrogen-bond donors (Lipinski definition) is 0. The standard InChI is InChI=1S/C20H17ClN4OS/c21-17-6-1-2-7-18(17)26-12-19-23-24-20(25(19)16-8-9-16)27-13-15-5-3-4-14(10-15)11-22/h1-7,10,16H,8-9,12-13H2. The molecule has 1 aromatic heterocycles. The lowest BCUT2D eigenvalue weighted by Crippen LogP contribution is -2.07. The molecule has 1 heterocycles. The van der Waals surface area contributed by atoms with Gasteiger partial charge in [0.1, 0.15) is 12.4 Å². The highest BCUT2D eigenvalue weighted by Gasteiger charge is 2.29. The summed E-state index contributed by atoms with van der Waals surface area (Å²) in [6.45, 7) is 0.331. The Kier molecular flexibility index (Phi) is 5.33. The first-order valence-corrected chi connectivity index (χ1v) is 10.0. The molecule has 2 aromatic carbocycles. The molecule has 0 amide bonds. The van der Waals surface area contributed by atoms with Crippen molar-refractivity contribution in [2.24, 2.45) is 0 Å². The predicted octanol–water partition coefficient (Wildman–Crippen LogP) is 5.01. The summed E-state index contributed by atoms with van der Waals surface area (Å²) in [5.74, 6) is 2.20. The van der Waals surface area contributed by atoms with E-state index in [1.165, 1.54) is 0 Å². The van der Waals surface area contributed by atoms with Crippen LogP contribution in [-0.2, 0) is 12.4 Å². The van der Waals surface area contributed by atoms with Gasteiger partial charge < -0.3 is 4.74 Å². The van der Waals surface area contributed by atoms with Crippen molar-refractivity contribution in [3.8, 4) is 11.8 Å². The van der Waals surface area contributed by atoms with E-state index in [4.69, 9.17) is 21.6 Å². The number of rotatable bonds is 7. The van der Waals surface area contributed by atoms with E-state index < -0.39 is 0 Å². The highest BCUT2D eigenvalue weighted by Crippen LogP contribution is 2.39. The molecule has 0 radical (unpaired) electrons. The minimum absolute atomic E-state index is 0.331. The van der Waals surface area contributed by atoms with Crippen LogP contribution in [0.15, 0.2) is 53.7 Å². The zero-order valence-corrected chi connectivity index (χ0v) is 16.1. The van der Waals surface area contributed by atoms with Crippen LogP contribution in [-0.4, -0.2) is 14.8 Å². The maximum Gasteiger partial charge on any atom is 0.191 e.